The van der Waals surface area contributed by atoms with E-state index in [2.05, 4.69) is 19.2 Å². The van der Waals surface area contributed by atoms with Crippen LogP contribution in [0.5, 0.6) is 5.75 Å². The van der Waals surface area contributed by atoms with E-state index in [0.29, 0.717) is 37.6 Å². The van der Waals surface area contributed by atoms with Crippen molar-refractivity contribution >= 4 is 15.9 Å². The Morgan fingerprint density at radius 2 is 1.80 bits per heavy atom. The average molecular weight is 368 g/mol. The van der Waals surface area contributed by atoms with Gasteiger partial charge in [-0.25, -0.2) is 8.42 Å². The summed E-state index contributed by atoms with van der Waals surface area (Å²) >= 11 is 0. The Hall–Kier alpha value is -1.60. The number of para-hydroxylation sites is 1. The number of sulfonamides is 1. The van der Waals surface area contributed by atoms with Crippen molar-refractivity contribution in [1.29, 1.82) is 0 Å². The molecular formula is C18H28N2O4S. The minimum atomic E-state index is -3.61. The topological polar surface area (TPSA) is 75.7 Å². The zero-order valence-corrected chi connectivity index (χ0v) is 16.2. The second kappa shape index (κ2) is 8.19. The summed E-state index contributed by atoms with van der Waals surface area (Å²) in [7, 11) is -2.15. The Labute approximate surface area is 150 Å². The molecule has 1 aliphatic rings. The average Bonchev–Trinajstić information content (AvgIpc) is 2.61. The third kappa shape index (κ3) is 4.52. The number of nitrogens with zero attached hydrogens (tertiary/aromatic N) is 1. The molecule has 1 aromatic carbocycles. The number of hydrogen-bond acceptors (Lipinski definition) is 4. The Morgan fingerprint density at radius 3 is 2.36 bits per heavy atom. The predicted octanol–water partition coefficient (Wildman–Crippen LogP) is 2.26. The van der Waals surface area contributed by atoms with Crippen LogP contribution < -0.4 is 10.1 Å². The highest BCUT2D eigenvalue weighted by Crippen LogP contribution is 2.29. The van der Waals surface area contributed by atoms with E-state index in [0.717, 1.165) is 0 Å². The fraction of sp³-hybridized carbons (Fsp3) is 0.611. The van der Waals surface area contributed by atoms with Crippen LogP contribution in [0.4, 0.5) is 0 Å². The van der Waals surface area contributed by atoms with E-state index in [9.17, 15) is 13.2 Å². The molecule has 1 atom stereocenters. The van der Waals surface area contributed by atoms with Crippen LogP contribution in [0.15, 0.2) is 29.2 Å². The van der Waals surface area contributed by atoms with Crippen molar-refractivity contribution in [2.75, 3.05) is 20.2 Å². The molecule has 2 rings (SSSR count). The second-order valence-corrected chi connectivity index (χ2v) is 8.78. The van der Waals surface area contributed by atoms with Gasteiger partial charge >= 0.3 is 0 Å². The lowest BCUT2D eigenvalue weighted by molar-refractivity contribution is -0.127. The number of piperidine rings is 1. The van der Waals surface area contributed by atoms with Gasteiger partial charge in [0.25, 0.3) is 0 Å². The highest BCUT2D eigenvalue weighted by Gasteiger charge is 2.33. The summed E-state index contributed by atoms with van der Waals surface area (Å²) in [5.74, 6) is 0.601. The van der Waals surface area contributed by atoms with Gasteiger partial charge in [-0.15, -0.1) is 0 Å². The Kier molecular flexibility index (Phi) is 6.46. The van der Waals surface area contributed by atoms with Crippen molar-refractivity contribution in [2.24, 2.45) is 11.8 Å². The fourth-order valence-electron chi connectivity index (χ4n) is 2.84. The highest BCUT2D eigenvalue weighted by molar-refractivity contribution is 7.89. The number of carbonyl (C=O) groups is 1. The summed E-state index contributed by atoms with van der Waals surface area (Å²) in [6.07, 6.45) is 1.07. The van der Waals surface area contributed by atoms with Gasteiger partial charge in [-0.1, -0.05) is 26.0 Å². The third-order valence-corrected chi connectivity index (χ3v) is 6.82. The van der Waals surface area contributed by atoms with E-state index >= 15 is 0 Å². The lowest BCUT2D eigenvalue weighted by Crippen LogP contribution is -2.45. The Morgan fingerprint density at radius 1 is 1.20 bits per heavy atom. The summed E-state index contributed by atoms with van der Waals surface area (Å²) < 4.78 is 32.3. The Balaban J connectivity index is 2.03. The molecule has 1 heterocycles. The first kappa shape index (κ1) is 19.7. The van der Waals surface area contributed by atoms with Crippen molar-refractivity contribution in [1.82, 2.24) is 9.62 Å². The van der Waals surface area contributed by atoms with Gasteiger partial charge in [-0.3, -0.25) is 4.79 Å². The number of hydrogen-bond donors (Lipinski definition) is 1. The summed E-state index contributed by atoms with van der Waals surface area (Å²) in [4.78, 5) is 12.5. The van der Waals surface area contributed by atoms with Crippen LogP contribution in [-0.2, 0) is 14.8 Å². The smallest absolute Gasteiger partial charge is 0.246 e. The maximum atomic E-state index is 12.9. The van der Waals surface area contributed by atoms with Gasteiger partial charge in [0.05, 0.1) is 7.11 Å². The van der Waals surface area contributed by atoms with E-state index in [-0.39, 0.29) is 22.8 Å². The molecule has 140 valence electrons. The van der Waals surface area contributed by atoms with E-state index < -0.39 is 10.0 Å². The van der Waals surface area contributed by atoms with Crippen LogP contribution in [0.1, 0.15) is 33.6 Å². The summed E-state index contributed by atoms with van der Waals surface area (Å²) in [6, 6.07) is 6.73. The predicted molar refractivity (Wildman–Crippen MR) is 96.9 cm³/mol. The lowest BCUT2D eigenvalue weighted by atomic mass is 9.96. The molecule has 1 aliphatic heterocycles. The maximum absolute atomic E-state index is 12.9. The van der Waals surface area contributed by atoms with E-state index in [4.69, 9.17) is 4.74 Å². The molecule has 0 spiro atoms. The quantitative estimate of drug-likeness (QED) is 0.836. The molecule has 1 aromatic rings. The SMILES string of the molecule is COc1ccccc1S(=O)(=O)N1CCC(C(=O)N[C@@H](C)C(C)C)CC1. The molecule has 6 nitrogen and oxygen atoms in total. The van der Waals surface area contributed by atoms with Gasteiger partial charge in [0.15, 0.2) is 0 Å². The molecular weight excluding hydrogens is 340 g/mol. The number of nitrogens with one attached hydrogen (secondary N) is 1. The van der Waals surface area contributed by atoms with Crippen LogP contribution in [0.3, 0.4) is 0 Å². The van der Waals surface area contributed by atoms with Crippen molar-refractivity contribution in [3.05, 3.63) is 24.3 Å². The van der Waals surface area contributed by atoms with Gasteiger partial charge in [-0.05, 0) is 37.8 Å². The fourth-order valence-corrected chi connectivity index (χ4v) is 4.46. The first-order valence-electron chi connectivity index (χ1n) is 8.71. The van der Waals surface area contributed by atoms with Crippen molar-refractivity contribution in [2.45, 2.75) is 44.6 Å². The first-order chi connectivity index (χ1) is 11.8. The monoisotopic (exact) mass is 368 g/mol. The van der Waals surface area contributed by atoms with E-state index in [1.165, 1.54) is 11.4 Å². The first-order valence-corrected chi connectivity index (χ1v) is 10.1. The van der Waals surface area contributed by atoms with Crippen molar-refractivity contribution in [3.63, 3.8) is 0 Å². The minimum Gasteiger partial charge on any atom is -0.495 e. The molecule has 0 unspecified atom stereocenters. The zero-order chi connectivity index (χ0) is 18.6. The molecule has 0 radical (unpaired) electrons. The number of amides is 1. The molecule has 25 heavy (non-hydrogen) atoms. The third-order valence-electron chi connectivity index (χ3n) is 4.88. The summed E-state index contributed by atoms with van der Waals surface area (Å²) in [6.45, 7) is 6.80. The molecule has 1 amide bonds. The van der Waals surface area contributed by atoms with Crippen LogP contribution in [0.2, 0.25) is 0 Å². The molecule has 1 N–H and O–H groups in total. The zero-order valence-electron chi connectivity index (χ0n) is 15.4. The number of benzene rings is 1. The molecule has 7 heteroatoms. The maximum Gasteiger partial charge on any atom is 0.246 e. The Bertz CT molecular complexity index is 695. The molecule has 0 aromatic heterocycles. The van der Waals surface area contributed by atoms with Crippen LogP contribution >= 0.6 is 0 Å². The highest BCUT2D eigenvalue weighted by atomic mass is 32.2. The number of ether oxygens (including phenoxy) is 1. The van der Waals surface area contributed by atoms with Crippen LogP contribution in [0.25, 0.3) is 0 Å². The minimum absolute atomic E-state index is 0.0236. The summed E-state index contributed by atoms with van der Waals surface area (Å²) in [5.41, 5.74) is 0. The molecule has 1 fully saturated rings. The summed E-state index contributed by atoms with van der Waals surface area (Å²) in [5, 5.41) is 3.03. The number of methoxy groups -OCH3 is 1. The number of rotatable bonds is 6. The van der Waals surface area contributed by atoms with Crippen LogP contribution in [0, 0.1) is 11.8 Å². The molecule has 1 saturated heterocycles. The van der Waals surface area contributed by atoms with Crippen LogP contribution in [-0.4, -0.2) is 44.9 Å². The van der Waals surface area contributed by atoms with E-state index in [1.54, 1.807) is 24.3 Å². The van der Waals surface area contributed by atoms with Gasteiger partial charge in [-0.2, -0.15) is 4.31 Å². The van der Waals surface area contributed by atoms with Gasteiger partial charge in [0.1, 0.15) is 10.6 Å². The molecule has 0 aliphatic carbocycles. The molecule has 0 saturated carbocycles. The normalized spacial score (nSPS) is 18.1. The second-order valence-electron chi connectivity index (χ2n) is 6.87. The molecule has 0 bridgehead atoms. The van der Waals surface area contributed by atoms with Gasteiger partial charge in [0, 0.05) is 25.0 Å². The van der Waals surface area contributed by atoms with E-state index in [1.807, 2.05) is 6.92 Å². The van der Waals surface area contributed by atoms with Gasteiger partial charge in [0.2, 0.25) is 15.9 Å². The van der Waals surface area contributed by atoms with Crippen molar-refractivity contribution in [3.8, 4) is 5.75 Å². The lowest BCUT2D eigenvalue weighted by Gasteiger charge is -2.31. The number of carbonyl (C=O) groups excluding carboxylic acids is 1. The van der Waals surface area contributed by atoms with Crippen molar-refractivity contribution < 1.29 is 17.9 Å². The largest absolute Gasteiger partial charge is 0.495 e. The standard InChI is InChI=1S/C18H28N2O4S/c1-13(2)14(3)19-18(21)15-9-11-20(12-10-15)25(22,23)17-8-6-5-7-16(17)24-4/h5-8,13-15H,9-12H2,1-4H3,(H,19,21)/t14-/m0/s1. The van der Waals surface area contributed by atoms with Gasteiger partial charge < -0.3 is 10.1 Å².